The highest BCUT2D eigenvalue weighted by Gasteiger charge is 2.21. The zero-order valence-corrected chi connectivity index (χ0v) is 14.0. The smallest absolute Gasteiger partial charge is 0.0389 e. The first-order valence-electron chi connectivity index (χ1n) is 8.68. The predicted octanol–water partition coefficient (Wildman–Crippen LogP) is 6.69. The van der Waals surface area contributed by atoms with Crippen LogP contribution in [0, 0.1) is 23.7 Å². The van der Waals surface area contributed by atoms with Gasteiger partial charge in [0.05, 0.1) is 0 Å². The summed E-state index contributed by atoms with van der Waals surface area (Å²) in [6.07, 6.45) is 11.2. The molecule has 0 heterocycles. The van der Waals surface area contributed by atoms with Crippen LogP contribution in [0.3, 0.4) is 0 Å². The lowest BCUT2D eigenvalue weighted by atomic mass is 9.77. The van der Waals surface area contributed by atoms with Gasteiger partial charge >= 0.3 is 0 Å². The Morgan fingerprint density at radius 1 is 0.389 bits per heavy atom. The zero-order valence-electron chi connectivity index (χ0n) is 14.0. The summed E-state index contributed by atoms with van der Waals surface area (Å²) in [6.45, 7) is 14.3. The lowest BCUT2D eigenvalue weighted by molar-refractivity contribution is 0.223. The van der Waals surface area contributed by atoms with Crippen molar-refractivity contribution in [3.8, 4) is 0 Å². The molecule has 2 atom stereocenters. The van der Waals surface area contributed by atoms with Gasteiger partial charge in [0, 0.05) is 0 Å². The Labute approximate surface area is 117 Å². The van der Waals surface area contributed by atoms with Gasteiger partial charge in [0.2, 0.25) is 0 Å². The van der Waals surface area contributed by atoms with Crippen LogP contribution in [0.15, 0.2) is 0 Å². The molecule has 110 valence electrons. The molecule has 0 saturated carbocycles. The van der Waals surface area contributed by atoms with Gasteiger partial charge in [0.15, 0.2) is 0 Å². The summed E-state index contributed by atoms with van der Waals surface area (Å²) in [5.41, 5.74) is 0. The Hall–Kier alpha value is 0. The Kier molecular flexibility index (Phi) is 10.9. The standard InChI is InChI=1S/C18H38/c1-7-15(8-2)17(11-5)13-14-18(12-6)16(9-3)10-4/h15-18H,7-14H2,1-6H3. The van der Waals surface area contributed by atoms with Gasteiger partial charge in [-0.25, -0.2) is 0 Å². The van der Waals surface area contributed by atoms with E-state index in [1.807, 2.05) is 0 Å². The van der Waals surface area contributed by atoms with Crippen molar-refractivity contribution in [2.45, 2.75) is 92.9 Å². The molecular weight excluding hydrogens is 216 g/mol. The van der Waals surface area contributed by atoms with E-state index in [1.54, 1.807) is 0 Å². The van der Waals surface area contributed by atoms with Crippen molar-refractivity contribution in [3.05, 3.63) is 0 Å². The highest BCUT2D eigenvalue weighted by molar-refractivity contribution is 4.72. The van der Waals surface area contributed by atoms with Crippen molar-refractivity contribution < 1.29 is 0 Å². The van der Waals surface area contributed by atoms with Crippen LogP contribution in [0.1, 0.15) is 92.9 Å². The van der Waals surface area contributed by atoms with E-state index in [1.165, 1.54) is 51.4 Å². The van der Waals surface area contributed by atoms with Crippen LogP contribution in [-0.2, 0) is 0 Å². The molecule has 0 N–H and O–H groups in total. The second kappa shape index (κ2) is 10.9. The third-order valence-electron chi connectivity index (χ3n) is 5.39. The Balaban J connectivity index is 4.30. The van der Waals surface area contributed by atoms with Gasteiger partial charge in [0.1, 0.15) is 0 Å². The van der Waals surface area contributed by atoms with Crippen LogP contribution < -0.4 is 0 Å². The largest absolute Gasteiger partial charge is 0.0651 e. The highest BCUT2D eigenvalue weighted by Crippen LogP contribution is 2.33. The lowest BCUT2D eigenvalue weighted by Crippen LogP contribution is -2.18. The minimum Gasteiger partial charge on any atom is -0.0651 e. The Morgan fingerprint density at radius 3 is 0.778 bits per heavy atom. The molecule has 0 fully saturated rings. The minimum atomic E-state index is 0.967. The molecule has 0 spiro atoms. The molecule has 0 bridgehead atoms. The van der Waals surface area contributed by atoms with Crippen LogP contribution in [0.25, 0.3) is 0 Å². The van der Waals surface area contributed by atoms with E-state index >= 15 is 0 Å². The van der Waals surface area contributed by atoms with E-state index < -0.39 is 0 Å². The monoisotopic (exact) mass is 254 g/mol. The fourth-order valence-corrected chi connectivity index (χ4v) is 3.89. The van der Waals surface area contributed by atoms with Crippen LogP contribution in [-0.4, -0.2) is 0 Å². The summed E-state index contributed by atoms with van der Waals surface area (Å²) in [6, 6.07) is 0. The SMILES string of the molecule is CCC(CC)C(CC)CCC(CC)C(CC)CC. The highest BCUT2D eigenvalue weighted by atomic mass is 14.3. The number of rotatable bonds is 11. The lowest BCUT2D eigenvalue weighted by Gasteiger charge is -2.29. The maximum absolute atomic E-state index is 2.39. The maximum atomic E-state index is 2.39. The second-order valence-electron chi connectivity index (χ2n) is 6.07. The summed E-state index contributed by atoms with van der Waals surface area (Å²) < 4.78 is 0. The summed E-state index contributed by atoms with van der Waals surface area (Å²) in [7, 11) is 0. The summed E-state index contributed by atoms with van der Waals surface area (Å²) in [5, 5.41) is 0. The van der Waals surface area contributed by atoms with Gasteiger partial charge < -0.3 is 0 Å². The topological polar surface area (TPSA) is 0 Å². The fourth-order valence-electron chi connectivity index (χ4n) is 3.89. The van der Waals surface area contributed by atoms with E-state index in [4.69, 9.17) is 0 Å². The van der Waals surface area contributed by atoms with Gasteiger partial charge in [-0.2, -0.15) is 0 Å². The van der Waals surface area contributed by atoms with Crippen LogP contribution in [0.5, 0.6) is 0 Å². The number of hydrogen-bond acceptors (Lipinski definition) is 0. The molecule has 0 amide bonds. The Morgan fingerprint density at radius 2 is 0.611 bits per heavy atom. The molecule has 0 radical (unpaired) electrons. The van der Waals surface area contributed by atoms with Crippen LogP contribution in [0.2, 0.25) is 0 Å². The first-order valence-corrected chi connectivity index (χ1v) is 8.68. The molecule has 0 aliphatic heterocycles. The van der Waals surface area contributed by atoms with Gasteiger partial charge in [0.25, 0.3) is 0 Å². The molecule has 0 aliphatic rings. The molecule has 0 heteroatoms. The van der Waals surface area contributed by atoms with Crippen LogP contribution >= 0.6 is 0 Å². The van der Waals surface area contributed by atoms with Crippen molar-refractivity contribution in [1.29, 1.82) is 0 Å². The first-order chi connectivity index (χ1) is 8.68. The average molecular weight is 255 g/mol. The van der Waals surface area contributed by atoms with Gasteiger partial charge in [-0.3, -0.25) is 0 Å². The van der Waals surface area contributed by atoms with E-state index in [0.29, 0.717) is 0 Å². The maximum Gasteiger partial charge on any atom is -0.0389 e. The molecule has 0 rings (SSSR count). The molecule has 0 nitrogen and oxygen atoms in total. The average Bonchev–Trinajstić information content (AvgIpc) is 2.42. The van der Waals surface area contributed by atoms with Gasteiger partial charge in [-0.05, 0) is 36.5 Å². The third kappa shape index (κ3) is 5.76. The molecule has 0 aliphatic carbocycles. The quantitative estimate of drug-likeness (QED) is 0.385. The zero-order chi connectivity index (χ0) is 14.0. The molecule has 0 aromatic heterocycles. The van der Waals surface area contributed by atoms with Gasteiger partial charge in [-0.15, -0.1) is 0 Å². The van der Waals surface area contributed by atoms with E-state index in [2.05, 4.69) is 41.5 Å². The van der Waals surface area contributed by atoms with E-state index in [0.717, 1.165) is 23.7 Å². The van der Waals surface area contributed by atoms with Crippen molar-refractivity contribution in [3.63, 3.8) is 0 Å². The second-order valence-corrected chi connectivity index (χ2v) is 6.07. The third-order valence-corrected chi connectivity index (χ3v) is 5.39. The van der Waals surface area contributed by atoms with Crippen molar-refractivity contribution in [2.75, 3.05) is 0 Å². The van der Waals surface area contributed by atoms with Crippen molar-refractivity contribution in [1.82, 2.24) is 0 Å². The Bertz CT molecular complexity index is 145. The fraction of sp³-hybridized carbons (Fsp3) is 1.00. The van der Waals surface area contributed by atoms with Crippen molar-refractivity contribution >= 4 is 0 Å². The summed E-state index contributed by atoms with van der Waals surface area (Å²) in [4.78, 5) is 0. The molecule has 0 aromatic rings. The van der Waals surface area contributed by atoms with Crippen LogP contribution in [0.4, 0.5) is 0 Å². The molecule has 2 unspecified atom stereocenters. The molecule has 18 heavy (non-hydrogen) atoms. The summed E-state index contributed by atoms with van der Waals surface area (Å²) >= 11 is 0. The predicted molar refractivity (Wildman–Crippen MR) is 84.9 cm³/mol. The van der Waals surface area contributed by atoms with E-state index in [-0.39, 0.29) is 0 Å². The molecule has 0 saturated heterocycles. The number of hydrogen-bond donors (Lipinski definition) is 0. The first kappa shape index (κ1) is 18.0. The summed E-state index contributed by atoms with van der Waals surface area (Å²) in [5.74, 6) is 3.88. The van der Waals surface area contributed by atoms with Crippen molar-refractivity contribution in [2.24, 2.45) is 23.7 Å². The molecule has 0 aromatic carbocycles. The molecular formula is C18H38. The van der Waals surface area contributed by atoms with Gasteiger partial charge in [-0.1, -0.05) is 80.1 Å². The van der Waals surface area contributed by atoms with E-state index in [9.17, 15) is 0 Å². The minimum absolute atomic E-state index is 0.967. The normalized spacial score (nSPS) is 15.3.